The summed E-state index contributed by atoms with van der Waals surface area (Å²) in [5, 5.41) is 14.7. The van der Waals surface area contributed by atoms with Crippen molar-refractivity contribution in [3.8, 4) is 5.13 Å². The third kappa shape index (κ3) is 4.03. The highest BCUT2D eigenvalue weighted by molar-refractivity contribution is 7.12. The van der Waals surface area contributed by atoms with Gasteiger partial charge in [-0.25, -0.2) is 4.98 Å². The lowest BCUT2D eigenvalue weighted by atomic mass is 9.97. The minimum atomic E-state index is -0.878. The van der Waals surface area contributed by atoms with Crippen molar-refractivity contribution in [2.24, 2.45) is 11.8 Å². The van der Waals surface area contributed by atoms with Gasteiger partial charge >= 0.3 is 5.97 Å². The Hall–Kier alpha value is -2.15. The number of carbonyl (C=O) groups is 2. The SMILES string of the molecule is Cc1cc(C(=O)NCC(CC(C)C)C(=O)O)c(C)n1-c1nccs1. The van der Waals surface area contributed by atoms with Crippen molar-refractivity contribution in [2.75, 3.05) is 6.54 Å². The number of carboxylic acid groups (broad SMARTS) is 1. The van der Waals surface area contributed by atoms with Gasteiger partial charge in [0.05, 0.1) is 11.5 Å². The number of aromatic nitrogens is 2. The topological polar surface area (TPSA) is 84.2 Å². The van der Waals surface area contributed by atoms with E-state index in [0.717, 1.165) is 16.5 Å². The Morgan fingerprint density at radius 1 is 1.38 bits per heavy atom. The van der Waals surface area contributed by atoms with Crippen LogP contribution in [-0.4, -0.2) is 33.1 Å². The van der Waals surface area contributed by atoms with E-state index in [2.05, 4.69) is 10.3 Å². The first-order valence-electron chi connectivity index (χ1n) is 7.91. The highest BCUT2D eigenvalue weighted by Gasteiger charge is 2.22. The van der Waals surface area contributed by atoms with Crippen LogP contribution in [0.4, 0.5) is 0 Å². The minimum Gasteiger partial charge on any atom is -0.481 e. The monoisotopic (exact) mass is 349 g/mol. The van der Waals surface area contributed by atoms with Crippen molar-refractivity contribution >= 4 is 23.2 Å². The molecule has 130 valence electrons. The third-order valence-corrected chi connectivity index (χ3v) is 4.66. The van der Waals surface area contributed by atoms with E-state index in [0.29, 0.717) is 12.0 Å². The standard InChI is InChI=1S/C17H23N3O3S/c1-10(2)7-13(16(22)23)9-19-15(21)14-8-11(3)20(12(14)4)17-18-5-6-24-17/h5-6,8,10,13H,7,9H2,1-4H3,(H,19,21)(H,22,23). The van der Waals surface area contributed by atoms with Gasteiger partial charge in [0.2, 0.25) is 0 Å². The van der Waals surface area contributed by atoms with Crippen LogP contribution in [-0.2, 0) is 4.79 Å². The molecule has 0 spiro atoms. The molecule has 0 radical (unpaired) electrons. The second-order valence-corrected chi connectivity index (χ2v) is 7.18. The highest BCUT2D eigenvalue weighted by atomic mass is 32.1. The number of aryl methyl sites for hydroxylation is 1. The Bertz CT molecular complexity index is 720. The smallest absolute Gasteiger partial charge is 0.308 e. The molecular formula is C17H23N3O3S. The summed E-state index contributed by atoms with van der Waals surface area (Å²) in [4.78, 5) is 28.1. The van der Waals surface area contributed by atoms with Crippen molar-refractivity contribution in [1.82, 2.24) is 14.9 Å². The zero-order valence-corrected chi connectivity index (χ0v) is 15.2. The van der Waals surface area contributed by atoms with Crippen molar-refractivity contribution in [1.29, 1.82) is 0 Å². The molecule has 6 nitrogen and oxygen atoms in total. The van der Waals surface area contributed by atoms with Crippen LogP contribution in [0.1, 0.15) is 42.0 Å². The van der Waals surface area contributed by atoms with E-state index in [1.54, 1.807) is 6.20 Å². The molecule has 2 heterocycles. The second-order valence-electron chi connectivity index (χ2n) is 6.31. The summed E-state index contributed by atoms with van der Waals surface area (Å²) in [6.45, 7) is 7.86. The lowest BCUT2D eigenvalue weighted by Crippen LogP contribution is -2.33. The molecular weight excluding hydrogens is 326 g/mol. The summed E-state index contributed by atoms with van der Waals surface area (Å²) < 4.78 is 1.93. The van der Waals surface area contributed by atoms with Gasteiger partial charge < -0.3 is 10.4 Å². The number of rotatable bonds is 7. The van der Waals surface area contributed by atoms with Crippen LogP contribution >= 0.6 is 11.3 Å². The first-order chi connectivity index (χ1) is 11.3. The zero-order valence-electron chi connectivity index (χ0n) is 14.4. The minimum absolute atomic E-state index is 0.132. The second kappa shape index (κ2) is 7.61. The number of nitrogens with one attached hydrogen (secondary N) is 1. The highest BCUT2D eigenvalue weighted by Crippen LogP contribution is 2.22. The molecule has 0 fully saturated rings. The van der Waals surface area contributed by atoms with E-state index in [9.17, 15) is 14.7 Å². The van der Waals surface area contributed by atoms with Gasteiger partial charge in [-0.15, -0.1) is 11.3 Å². The van der Waals surface area contributed by atoms with Gasteiger partial charge in [-0.2, -0.15) is 0 Å². The maximum atomic E-state index is 12.5. The predicted molar refractivity (Wildman–Crippen MR) is 93.8 cm³/mol. The van der Waals surface area contributed by atoms with Crippen molar-refractivity contribution < 1.29 is 14.7 Å². The number of thiazole rings is 1. The van der Waals surface area contributed by atoms with Gasteiger partial charge in [-0.05, 0) is 32.3 Å². The quantitative estimate of drug-likeness (QED) is 0.805. The van der Waals surface area contributed by atoms with Crippen LogP contribution in [0.3, 0.4) is 0 Å². The molecule has 0 bridgehead atoms. The van der Waals surface area contributed by atoms with E-state index in [1.807, 2.05) is 43.7 Å². The number of nitrogens with zero attached hydrogens (tertiary/aromatic N) is 2. The van der Waals surface area contributed by atoms with E-state index in [-0.39, 0.29) is 18.4 Å². The molecule has 0 aromatic carbocycles. The lowest BCUT2D eigenvalue weighted by Gasteiger charge is -2.15. The summed E-state index contributed by atoms with van der Waals surface area (Å²) in [7, 11) is 0. The number of carbonyl (C=O) groups excluding carboxylic acids is 1. The van der Waals surface area contributed by atoms with Crippen molar-refractivity contribution in [3.05, 3.63) is 34.6 Å². The Balaban J connectivity index is 2.13. The normalized spacial score (nSPS) is 12.4. The Morgan fingerprint density at radius 3 is 2.62 bits per heavy atom. The number of hydrogen-bond acceptors (Lipinski definition) is 4. The van der Waals surface area contributed by atoms with Gasteiger partial charge in [0.1, 0.15) is 0 Å². The molecule has 0 aliphatic carbocycles. The Kier molecular flexibility index (Phi) is 5.77. The fraction of sp³-hybridized carbons (Fsp3) is 0.471. The summed E-state index contributed by atoms with van der Waals surface area (Å²) in [5.74, 6) is -1.44. The summed E-state index contributed by atoms with van der Waals surface area (Å²) in [6, 6.07) is 1.81. The molecule has 1 atom stereocenters. The summed E-state index contributed by atoms with van der Waals surface area (Å²) >= 11 is 1.50. The average molecular weight is 349 g/mol. The van der Waals surface area contributed by atoms with Crippen LogP contribution in [0.25, 0.3) is 5.13 Å². The molecule has 0 aliphatic rings. The maximum absolute atomic E-state index is 12.5. The van der Waals surface area contributed by atoms with Crippen LogP contribution in [0.5, 0.6) is 0 Å². The van der Waals surface area contributed by atoms with E-state index in [4.69, 9.17) is 0 Å². The first kappa shape index (κ1) is 18.2. The number of amides is 1. The fourth-order valence-electron chi connectivity index (χ4n) is 2.77. The fourth-order valence-corrected chi connectivity index (χ4v) is 3.52. The average Bonchev–Trinajstić information content (AvgIpc) is 3.10. The number of carboxylic acids is 1. The van der Waals surface area contributed by atoms with Crippen LogP contribution < -0.4 is 5.32 Å². The number of hydrogen-bond donors (Lipinski definition) is 2. The largest absolute Gasteiger partial charge is 0.481 e. The molecule has 0 saturated carbocycles. The lowest BCUT2D eigenvalue weighted by molar-refractivity contribution is -0.142. The molecule has 2 N–H and O–H groups in total. The van der Waals surface area contributed by atoms with Gasteiger partial charge in [0.15, 0.2) is 5.13 Å². The predicted octanol–water partition coefficient (Wildman–Crippen LogP) is 3.03. The van der Waals surface area contributed by atoms with Gasteiger partial charge in [0.25, 0.3) is 5.91 Å². The van der Waals surface area contributed by atoms with Gasteiger partial charge in [0, 0.05) is 29.5 Å². The first-order valence-corrected chi connectivity index (χ1v) is 8.79. The number of aliphatic carboxylic acids is 1. The molecule has 24 heavy (non-hydrogen) atoms. The van der Waals surface area contributed by atoms with Crippen molar-refractivity contribution in [2.45, 2.75) is 34.1 Å². The molecule has 0 saturated heterocycles. The van der Waals surface area contributed by atoms with Gasteiger partial charge in [-0.3, -0.25) is 14.2 Å². The maximum Gasteiger partial charge on any atom is 0.308 e. The molecule has 0 aliphatic heterocycles. The summed E-state index contributed by atoms with van der Waals surface area (Å²) in [5.41, 5.74) is 2.27. The Morgan fingerprint density at radius 2 is 2.08 bits per heavy atom. The van der Waals surface area contributed by atoms with Crippen LogP contribution in [0.15, 0.2) is 17.6 Å². The zero-order chi connectivity index (χ0) is 17.9. The van der Waals surface area contributed by atoms with E-state index in [1.165, 1.54) is 11.3 Å². The third-order valence-electron chi connectivity index (χ3n) is 3.90. The molecule has 2 rings (SSSR count). The molecule has 7 heteroatoms. The Labute approximate surface area is 145 Å². The summed E-state index contributed by atoms with van der Waals surface area (Å²) in [6.07, 6.45) is 2.26. The van der Waals surface area contributed by atoms with Crippen molar-refractivity contribution in [3.63, 3.8) is 0 Å². The molecule has 2 aromatic heterocycles. The molecule has 2 aromatic rings. The molecule has 1 amide bonds. The van der Waals surface area contributed by atoms with Crippen LogP contribution in [0.2, 0.25) is 0 Å². The molecule has 1 unspecified atom stereocenters. The van der Waals surface area contributed by atoms with Gasteiger partial charge in [-0.1, -0.05) is 13.8 Å². The van der Waals surface area contributed by atoms with E-state index < -0.39 is 11.9 Å². The van der Waals surface area contributed by atoms with Crippen LogP contribution in [0, 0.1) is 25.7 Å². The van der Waals surface area contributed by atoms with E-state index >= 15 is 0 Å².